The molecule has 1 atom stereocenters. The van der Waals surface area contributed by atoms with Gasteiger partial charge in [0.2, 0.25) is 0 Å². The second kappa shape index (κ2) is 7.31. The number of benzene rings is 1. The third-order valence-corrected chi connectivity index (χ3v) is 3.80. The molecule has 2 rings (SSSR count). The second-order valence-corrected chi connectivity index (χ2v) is 5.57. The molecule has 2 N–H and O–H groups in total. The molecule has 20 heavy (non-hydrogen) atoms. The van der Waals surface area contributed by atoms with E-state index >= 15 is 0 Å². The Balaban J connectivity index is 2.01. The molecule has 4 heteroatoms. The van der Waals surface area contributed by atoms with Crippen molar-refractivity contribution >= 4 is 17.0 Å². The Morgan fingerprint density at radius 1 is 1.35 bits per heavy atom. The van der Waals surface area contributed by atoms with Gasteiger partial charge in [0.05, 0.1) is 13.2 Å². The van der Waals surface area contributed by atoms with Gasteiger partial charge in [-0.3, -0.25) is 0 Å². The van der Waals surface area contributed by atoms with Crippen LogP contribution in [0.3, 0.4) is 0 Å². The smallest absolute Gasteiger partial charge is 0.124 e. The number of anilines is 1. The van der Waals surface area contributed by atoms with Crippen LogP contribution in [0.15, 0.2) is 35.0 Å². The van der Waals surface area contributed by atoms with Crippen molar-refractivity contribution in [1.29, 1.82) is 0 Å². The quantitative estimate of drug-likeness (QED) is 0.817. The van der Waals surface area contributed by atoms with Crippen LogP contribution in [0.4, 0.5) is 5.69 Å². The maximum atomic E-state index is 9.40. The predicted octanol–water partition coefficient (Wildman–Crippen LogP) is 3.68. The van der Waals surface area contributed by atoms with E-state index in [1.54, 1.807) is 11.3 Å². The first-order valence-corrected chi connectivity index (χ1v) is 7.81. The molecule has 2 aromatic rings. The monoisotopic (exact) mass is 291 g/mol. The average Bonchev–Trinajstić information content (AvgIpc) is 2.93. The van der Waals surface area contributed by atoms with E-state index in [9.17, 15) is 5.11 Å². The van der Waals surface area contributed by atoms with Crippen molar-refractivity contribution in [2.24, 2.45) is 0 Å². The summed E-state index contributed by atoms with van der Waals surface area (Å²) in [6, 6.07) is 8.35. The number of nitrogens with one attached hydrogen (secondary N) is 1. The van der Waals surface area contributed by atoms with Gasteiger partial charge in [-0.1, -0.05) is 0 Å². The number of ether oxygens (including phenoxy) is 1. The van der Waals surface area contributed by atoms with Crippen molar-refractivity contribution < 1.29 is 9.84 Å². The lowest BCUT2D eigenvalue weighted by Gasteiger charge is -2.16. The van der Waals surface area contributed by atoms with Crippen LogP contribution in [0.5, 0.6) is 5.75 Å². The highest BCUT2D eigenvalue weighted by molar-refractivity contribution is 7.07. The molecule has 0 aliphatic heterocycles. The summed E-state index contributed by atoms with van der Waals surface area (Å²) in [5.41, 5.74) is 3.18. The van der Waals surface area contributed by atoms with Crippen LogP contribution in [0.1, 0.15) is 25.0 Å². The maximum absolute atomic E-state index is 9.40. The molecule has 0 bridgehead atoms. The Morgan fingerprint density at radius 3 is 2.85 bits per heavy atom. The van der Waals surface area contributed by atoms with Gasteiger partial charge in [0, 0.05) is 17.3 Å². The van der Waals surface area contributed by atoms with Crippen molar-refractivity contribution in [2.45, 2.75) is 32.9 Å². The molecule has 0 fully saturated rings. The molecule has 0 amide bonds. The number of rotatable bonds is 7. The number of thiophene rings is 1. The minimum Gasteiger partial charge on any atom is -0.494 e. The van der Waals surface area contributed by atoms with Crippen LogP contribution in [-0.2, 0) is 13.0 Å². The Bertz CT molecular complexity index is 525. The Hall–Kier alpha value is -1.52. The van der Waals surface area contributed by atoms with E-state index in [-0.39, 0.29) is 6.61 Å². The molecule has 0 aliphatic carbocycles. The van der Waals surface area contributed by atoms with Crippen molar-refractivity contribution in [3.05, 3.63) is 46.2 Å². The largest absolute Gasteiger partial charge is 0.494 e. The van der Waals surface area contributed by atoms with Gasteiger partial charge in [0.25, 0.3) is 0 Å². The summed E-state index contributed by atoms with van der Waals surface area (Å²) in [5.74, 6) is 0.756. The molecule has 1 aromatic carbocycles. The van der Waals surface area contributed by atoms with E-state index in [4.69, 9.17) is 4.74 Å². The molecule has 0 radical (unpaired) electrons. The van der Waals surface area contributed by atoms with Crippen molar-refractivity contribution in [3.63, 3.8) is 0 Å². The first-order valence-electron chi connectivity index (χ1n) is 6.87. The van der Waals surface area contributed by atoms with E-state index in [0.29, 0.717) is 12.6 Å². The van der Waals surface area contributed by atoms with Crippen molar-refractivity contribution in [1.82, 2.24) is 0 Å². The van der Waals surface area contributed by atoms with E-state index in [1.807, 2.05) is 25.1 Å². The highest BCUT2D eigenvalue weighted by atomic mass is 32.1. The molecule has 1 aromatic heterocycles. The van der Waals surface area contributed by atoms with Gasteiger partial charge in [0.15, 0.2) is 0 Å². The second-order valence-electron chi connectivity index (χ2n) is 4.79. The summed E-state index contributed by atoms with van der Waals surface area (Å²) < 4.78 is 5.49. The Labute approximate surface area is 124 Å². The van der Waals surface area contributed by atoms with Crippen LogP contribution in [-0.4, -0.2) is 17.8 Å². The molecule has 0 aliphatic rings. The summed E-state index contributed by atoms with van der Waals surface area (Å²) in [6.07, 6.45) is 0.991. The zero-order valence-corrected chi connectivity index (χ0v) is 12.7. The molecule has 0 saturated carbocycles. The van der Waals surface area contributed by atoms with Gasteiger partial charge in [-0.05, 0) is 60.9 Å². The van der Waals surface area contributed by atoms with Gasteiger partial charge in [-0.15, -0.1) is 0 Å². The molecule has 0 saturated heterocycles. The van der Waals surface area contributed by atoms with Crippen LogP contribution < -0.4 is 10.1 Å². The summed E-state index contributed by atoms with van der Waals surface area (Å²) in [5, 5.41) is 17.1. The minimum atomic E-state index is -0.0102. The van der Waals surface area contributed by atoms with Gasteiger partial charge in [0.1, 0.15) is 5.75 Å². The highest BCUT2D eigenvalue weighted by Crippen LogP contribution is 2.24. The molecule has 108 valence electrons. The third-order valence-electron chi connectivity index (χ3n) is 3.07. The third kappa shape index (κ3) is 3.99. The zero-order chi connectivity index (χ0) is 14.4. The fourth-order valence-corrected chi connectivity index (χ4v) is 2.87. The zero-order valence-electron chi connectivity index (χ0n) is 11.9. The SMILES string of the molecule is CCOc1ccc(NC(C)Cc2ccsc2)cc1CO. The molecule has 1 heterocycles. The van der Waals surface area contributed by atoms with Gasteiger partial charge in [-0.2, -0.15) is 11.3 Å². The lowest BCUT2D eigenvalue weighted by atomic mass is 10.1. The van der Waals surface area contributed by atoms with Crippen molar-refractivity contribution in [2.75, 3.05) is 11.9 Å². The molecular formula is C16H21NO2S. The fraction of sp³-hybridized carbons (Fsp3) is 0.375. The van der Waals surface area contributed by atoms with E-state index in [2.05, 4.69) is 29.1 Å². The number of hydrogen-bond acceptors (Lipinski definition) is 4. The summed E-state index contributed by atoms with van der Waals surface area (Å²) in [7, 11) is 0. The molecule has 0 spiro atoms. The molecular weight excluding hydrogens is 270 g/mol. The van der Waals surface area contributed by atoms with Crippen molar-refractivity contribution in [3.8, 4) is 5.75 Å². The minimum absolute atomic E-state index is 0.0102. The van der Waals surface area contributed by atoms with Gasteiger partial charge < -0.3 is 15.2 Å². The molecule has 3 nitrogen and oxygen atoms in total. The van der Waals surface area contributed by atoms with Crippen LogP contribution in [0.25, 0.3) is 0 Å². The normalized spacial score (nSPS) is 12.2. The van der Waals surface area contributed by atoms with E-state index in [1.165, 1.54) is 5.56 Å². The lowest BCUT2D eigenvalue weighted by molar-refractivity contribution is 0.267. The van der Waals surface area contributed by atoms with E-state index in [0.717, 1.165) is 23.4 Å². The summed E-state index contributed by atoms with van der Waals surface area (Å²) >= 11 is 1.72. The first kappa shape index (κ1) is 14.9. The summed E-state index contributed by atoms with van der Waals surface area (Å²) in [6.45, 7) is 4.70. The summed E-state index contributed by atoms with van der Waals surface area (Å²) in [4.78, 5) is 0. The first-order chi connectivity index (χ1) is 9.72. The Kier molecular flexibility index (Phi) is 5.44. The maximum Gasteiger partial charge on any atom is 0.124 e. The number of aliphatic hydroxyl groups excluding tert-OH is 1. The predicted molar refractivity (Wildman–Crippen MR) is 84.6 cm³/mol. The average molecular weight is 291 g/mol. The Morgan fingerprint density at radius 2 is 2.20 bits per heavy atom. The standard InChI is InChI=1S/C16H21NO2S/c1-3-19-16-5-4-15(9-14(16)10-18)17-12(2)8-13-6-7-20-11-13/h4-7,9,11-12,17-18H,3,8,10H2,1-2H3. The fourth-order valence-electron chi connectivity index (χ4n) is 2.19. The van der Waals surface area contributed by atoms with Gasteiger partial charge >= 0.3 is 0 Å². The van der Waals surface area contributed by atoms with Crippen LogP contribution in [0, 0.1) is 0 Å². The van der Waals surface area contributed by atoms with Crippen LogP contribution in [0.2, 0.25) is 0 Å². The van der Waals surface area contributed by atoms with E-state index < -0.39 is 0 Å². The number of hydrogen-bond donors (Lipinski definition) is 2. The topological polar surface area (TPSA) is 41.5 Å². The number of aliphatic hydroxyl groups is 1. The van der Waals surface area contributed by atoms with Gasteiger partial charge in [-0.25, -0.2) is 0 Å². The highest BCUT2D eigenvalue weighted by Gasteiger charge is 2.07. The molecule has 1 unspecified atom stereocenters. The lowest BCUT2D eigenvalue weighted by Crippen LogP contribution is -2.17. The van der Waals surface area contributed by atoms with Crippen LogP contribution >= 0.6 is 11.3 Å².